The number of halogens is 2. The molecule has 3 aliphatic rings. The number of carbonyl (C=O) groups is 5. The number of likely N-dealkylation sites (tertiary alicyclic amines) is 1. The first-order valence-electron chi connectivity index (χ1n) is 15.3. The second-order valence-corrected chi connectivity index (χ2v) is 12.9. The van der Waals surface area contributed by atoms with Crippen molar-refractivity contribution in [2.75, 3.05) is 26.8 Å². The van der Waals surface area contributed by atoms with Gasteiger partial charge >= 0.3 is 5.97 Å². The standard InChI is InChI=1S/C33H34Cl2N4O7/c1-45-27-10-4-9-23-20(27)14-25(37-23)32(43)39-15-18-5-2-6-19(18)29(39)31(42)38-24(13-17-11-12-36-30(17)41)26(40)16-46-33(44)28-21(34)7-3-8-22(28)35/h3-4,7-10,14,17-19,24,29,37H,2,5-6,11-13,15-16H2,1H3,(H,36,41)(H,38,42)/t17-,18-,19-,24-,29-/m0/s1. The highest BCUT2D eigenvalue weighted by Crippen LogP contribution is 2.43. The summed E-state index contributed by atoms with van der Waals surface area (Å²) in [5.74, 6) is -2.31. The first-order chi connectivity index (χ1) is 22.2. The number of hydrogen-bond acceptors (Lipinski definition) is 7. The monoisotopic (exact) mass is 668 g/mol. The Morgan fingerprint density at radius 3 is 2.54 bits per heavy atom. The summed E-state index contributed by atoms with van der Waals surface area (Å²) in [6.07, 6.45) is 3.13. The maximum absolute atomic E-state index is 14.1. The quantitative estimate of drug-likeness (QED) is 0.275. The van der Waals surface area contributed by atoms with Crippen LogP contribution in [0.25, 0.3) is 10.9 Å². The second-order valence-electron chi connectivity index (χ2n) is 12.1. The summed E-state index contributed by atoms with van der Waals surface area (Å²) in [5.41, 5.74) is 0.991. The van der Waals surface area contributed by atoms with Crippen LogP contribution in [0.3, 0.4) is 0 Å². The fraction of sp³-hybridized carbons (Fsp3) is 0.424. The zero-order valence-electron chi connectivity index (χ0n) is 25.1. The maximum atomic E-state index is 14.1. The van der Waals surface area contributed by atoms with Crippen molar-refractivity contribution < 1.29 is 33.4 Å². The lowest BCUT2D eigenvalue weighted by atomic mass is 9.92. The second kappa shape index (κ2) is 13.3. The molecule has 13 heteroatoms. The van der Waals surface area contributed by atoms with E-state index in [1.165, 1.54) is 12.1 Å². The Bertz CT molecular complexity index is 1690. The lowest BCUT2D eigenvalue weighted by molar-refractivity contribution is -0.133. The summed E-state index contributed by atoms with van der Waals surface area (Å²) in [6, 6.07) is 9.79. The number of methoxy groups -OCH3 is 1. The van der Waals surface area contributed by atoms with Gasteiger partial charge in [0.15, 0.2) is 12.4 Å². The number of benzene rings is 2. The van der Waals surface area contributed by atoms with E-state index in [1.807, 2.05) is 18.2 Å². The Balaban J connectivity index is 1.22. The van der Waals surface area contributed by atoms with Crippen molar-refractivity contribution >= 4 is 63.6 Å². The number of esters is 1. The third-order valence-electron chi connectivity index (χ3n) is 9.39. The van der Waals surface area contributed by atoms with Gasteiger partial charge in [0.05, 0.1) is 28.8 Å². The Hall–Kier alpha value is -4.09. The predicted octanol–water partition coefficient (Wildman–Crippen LogP) is 4.16. The van der Waals surface area contributed by atoms with Crippen molar-refractivity contribution in [1.29, 1.82) is 0 Å². The zero-order valence-corrected chi connectivity index (χ0v) is 26.7. The Kier molecular flexibility index (Phi) is 9.24. The normalized spacial score (nSPS) is 22.8. The van der Waals surface area contributed by atoms with Crippen LogP contribution < -0.4 is 15.4 Å². The molecule has 1 saturated carbocycles. The highest BCUT2D eigenvalue weighted by atomic mass is 35.5. The van der Waals surface area contributed by atoms with Crippen LogP contribution in [0, 0.1) is 17.8 Å². The molecule has 2 aliphatic heterocycles. The Morgan fingerprint density at radius 2 is 1.83 bits per heavy atom. The van der Waals surface area contributed by atoms with Crippen LogP contribution in [-0.2, 0) is 19.1 Å². The van der Waals surface area contributed by atoms with Gasteiger partial charge in [0.2, 0.25) is 11.8 Å². The Morgan fingerprint density at radius 1 is 1.07 bits per heavy atom. The van der Waals surface area contributed by atoms with Crippen molar-refractivity contribution in [2.45, 2.75) is 44.2 Å². The minimum Gasteiger partial charge on any atom is -0.496 e. The number of H-pyrrole nitrogens is 1. The van der Waals surface area contributed by atoms with E-state index in [2.05, 4.69) is 15.6 Å². The van der Waals surface area contributed by atoms with Gasteiger partial charge in [0, 0.05) is 29.9 Å². The van der Waals surface area contributed by atoms with E-state index >= 15 is 0 Å². The minimum absolute atomic E-state index is 0.0252. The molecule has 0 unspecified atom stereocenters. The van der Waals surface area contributed by atoms with Crippen molar-refractivity contribution in [1.82, 2.24) is 20.5 Å². The fourth-order valence-corrected chi connectivity index (χ4v) is 7.66. The molecule has 1 aromatic heterocycles. The summed E-state index contributed by atoms with van der Waals surface area (Å²) in [4.78, 5) is 71.6. The number of nitrogens with zero attached hydrogens (tertiary/aromatic N) is 1. The molecule has 3 N–H and O–H groups in total. The van der Waals surface area contributed by atoms with Crippen molar-refractivity contribution in [2.24, 2.45) is 17.8 Å². The van der Waals surface area contributed by atoms with E-state index in [0.717, 1.165) is 30.2 Å². The number of fused-ring (bicyclic) bond motifs is 2. The first-order valence-corrected chi connectivity index (χ1v) is 16.1. The molecule has 11 nitrogen and oxygen atoms in total. The molecular formula is C33H34Cl2N4O7. The lowest BCUT2D eigenvalue weighted by Gasteiger charge is -2.29. The van der Waals surface area contributed by atoms with Crippen molar-refractivity contribution in [3.8, 4) is 5.75 Å². The molecule has 0 spiro atoms. The van der Waals surface area contributed by atoms with Gasteiger partial charge in [-0.25, -0.2) is 4.79 Å². The molecule has 3 heterocycles. The molecule has 6 rings (SSSR count). The lowest BCUT2D eigenvalue weighted by Crippen LogP contribution is -2.54. The number of amides is 3. The predicted molar refractivity (Wildman–Crippen MR) is 170 cm³/mol. The number of aromatic amines is 1. The van der Waals surface area contributed by atoms with Gasteiger partial charge in [-0.3, -0.25) is 19.2 Å². The molecule has 1 aliphatic carbocycles. The smallest absolute Gasteiger partial charge is 0.341 e. The van der Waals surface area contributed by atoms with Gasteiger partial charge < -0.3 is 30.0 Å². The summed E-state index contributed by atoms with van der Waals surface area (Å²) in [5, 5.41) is 6.50. The largest absolute Gasteiger partial charge is 0.496 e. The van der Waals surface area contributed by atoms with Crippen LogP contribution in [0.5, 0.6) is 5.75 Å². The third kappa shape index (κ3) is 6.18. The van der Waals surface area contributed by atoms with E-state index < -0.39 is 42.3 Å². The molecule has 3 aromatic rings. The van der Waals surface area contributed by atoms with Gasteiger partial charge in [-0.2, -0.15) is 0 Å². The number of Topliss-reactive ketones (excluding diaryl/α,β-unsaturated/α-hetero) is 1. The molecule has 0 bridgehead atoms. The number of aromatic nitrogens is 1. The number of rotatable bonds is 10. The van der Waals surface area contributed by atoms with Crippen LogP contribution >= 0.6 is 23.2 Å². The number of hydrogen-bond donors (Lipinski definition) is 3. The minimum atomic E-state index is -1.13. The van der Waals surface area contributed by atoms with Crippen LogP contribution in [0.4, 0.5) is 0 Å². The summed E-state index contributed by atoms with van der Waals surface area (Å²) >= 11 is 12.3. The molecule has 3 amide bonds. The molecule has 46 heavy (non-hydrogen) atoms. The number of ether oxygens (including phenoxy) is 2. The molecular weight excluding hydrogens is 635 g/mol. The fourth-order valence-electron chi connectivity index (χ4n) is 7.11. The van der Waals surface area contributed by atoms with Crippen LogP contribution in [0.15, 0.2) is 42.5 Å². The summed E-state index contributed by atoms with van der Waals surface area (Å²) in [6.45, 7) is 0.201. The van der Waals surface area contributed by atoms with Gasteiger partial charge in [-0.15, -0.1) is 0 Å². The van der Waals surface area contributed by atoms with Gasteiger partial charge in [-0.05, 0) is 67.9 Å². The highest BCUT2D eigenvalue weighted by molar-refractivity contribution is 6.39. The molecule has 3 fully saturated rings. The third-order valence-corrected chi connectivity index (χ3v) is 10.0. The molecule has 5 atom stereocenters. The van der Waals surface area contributed by atoms with E-state index in [4.69, 9.17) is 32.7 Å². The topological polar surface area (TPSA) is 147 Å². The van der Waals surface area contributed by atoms with Gasteiger partial charge in [-0.1, -0.05) is 41.8 Å². The highest BCUT2D eigenvalue weighted by Gasteiger charge is 2.50. The maximum Gasteiger partial charge on any atom is 0.341 e. The average molecular weight is 670 g/mol. The summed E-state index contributed by atoms with van der Waals surface area (Å²) < 4.78 is 10.7. The van der Waals surface area contributed by atoms with E-state index in [1.54, 1.807) is 24.1 Å². The van der Waals surface area contributed by atoms with Crippen LogP contribution in [0.1, 0.15) is 53.0 Å². The molecule has 0 radical (unpaired) electrons. The Labute approximate surface area is 275 Å². The van der Waals surface area contributed by atoms with Crippen molar-refractivity contribution in [3.05, 3.63) is 63.8 Å². The van der Waals surface area contributed by atoms with Crippen LogP contribution in [0.2, 0.25) is 10.0 Å². The number of nitrogens with one attached hydrogen (secondary N) is 3. The van der Waals surface area contributed by atoms with E-state index in [-0.39, 0.29) is 45.7 Å². The van der Waals surface area contributed by atoms with Crippen LogP contribution in [-0.4, -0.2) is 78.2 Å². The summed E-state index contributed by atoms with van der Waals surface area (Å²) in [7, 11) is 1.56. The van der Waals surface area contributed by atoms with E-state index in [9.17, 15) is 24.0 Å². The van der Waals surface area contributed by atoms with Gasteiger partial charge in [0.25, 0.3) is 5.91 Å². The van der Waals surface area contributed by atoms with Gasteiger partial charge in [0.1, 0.15) is 17.5 Å². The molecule has 2 aromatic carbocycles. The zero-order chi connectivity index (χ0) is 32.5. The number of carbonyl (C=O) groups excluding carboxylic acids is 5. The average Bonchev–Trinajstić information content (AvgIpc) is 3.83. The number of ketones is 1. The molecule has 2 saturated heterocycles. The van der Waals surface area contributed by atoms with E-state index in [0.29, 0.717) is 31.0 Å². The first kappa shape index (κ1) is 31.9. The SMILES string of the molecule is COc1cccc2[nH]c(C(=O)N3C[C@@H]4CCC[C@@H]4[C@H]3C(=O)N[C@@H](C[C@@H]3CCNC3=O)C(=O)COC(=O)c3c(Cl)cccc3Cl)cc12. The van der Waals surface area contributed by atoms with Crippen molar-refractivity contribution in [3.63, 3.8) is 0 Å². The molecule has 242 valence electrons.